The number of amides is 1. The molecule has 0 aliphatic heterocycles. The van der Waals surface area contributed by atoms with Gasteiger partial charge in [-0.2, -0.15) is 0 Å². The van der Waals surface area contributed by atoms with Gasteiger partial charge in [-0.25, -0.2) is 0 Å². The van der Waals surface area contributed by atoms with E-state index in [2.05, 4.69) is 53.4 Å². The van der Waals surface area contributed by atoms with Crippen LogP contribution in [0, 0.1) is 0 Å². The molecule has 1 heterocycles. The van der Waals surface area contributed by atoms with E-state index in [4.69, 9.17) is 0 Å². The van der Waals surface area contributed by atoms with Crippen molar-refractivity contribution in [3.05, 3.63) is 17.8 Å². The molecule has 6 nitrogen and oxygen atoms in total. The fourth-order valence-corrected chi connectivity index (χ4v) is 2.10. The normalized spacial score (nSPS) is 11.2. The summed E-state index contributed by atoms with van der Waals surface area (Å²) in [7, 11) is 1.57. The maximum absolute atomic E-state index is 11.3. The molecule has 2 N–H and O–H groups in total. The van der Waals surface area contributed by atoms with E-state index in [-0.39, 0.29) is 5.91 Å². The van der Waals surface area contributed by atoms with Gasteiger partial charge in [0, 0.05) is 32.2 Å². The van der Waals surface area contributed by atoms with Crippen molar-refractivity contribution in [2.75, 3.05) is 25.5 Å². The molecule has 20 heavy (non-hydrogen) atoms. The average molecular weight is 279 g/mol. The van der Waals surface area contributed by atoms with Gasteiger partial charge in [0.25, 0.3) is 5.91 Å². The second-order valence-corrected chi connectivity index (χ2v) is 5.24. The number of carbonyl (C=O) groups excluding carboxylic acids is 1. The fraction of sp³-hybridized carbons (Fsp3) is 0.643. The van der Waals surface area contributed by atoms with Crippen LogP contribution in [0.2, 0.25) is 0 Å². The van der Waals surface area contributed by atoms with Crippen molar-refractivity contribution in [3.8, 4) is 0 Å². The molecule has 0 aromatic carbocycles. The van der Waals surface area contributed by atoms with Crippen molar-refractivity contribution in [2.24, 2.45) is 0 Å². The van der Waals surface area contributed by atoms with Crippen LogP contribution in [0.5, 0.6) is 0 Å². The van der Waals surface area contributed by atoms with Crippen LogP contribution in [-0.4, -0.2) is 53.2 Å². The molecule has 1 aromatic rings. The first-order chi connectivity index (χ1) is 9.45. The Morgan fingerprint density at radius 3 is 2.30 bits per heavy atom. The number of hydrogen-bond acceptors (Lipinski definition) is 5. The zero-order valence-electron chi connectivity index (χ0n) is 13.0. The average Bonchev–Trinajstić information content (AvgIpc) is 2.42. The summed E-state index contributed by atoms with van der Waals surface area (Å²) in [6.07, 6.45) is 0. The minimum atomic E-state index is -0.227. The smallest absolute Gasteiger partial charge is 0.271 e. The summed E-state index contributed by atoms with van der Waals surface area (Å²) in [6.45, 7) is 10.5. The number of carbonyl (C=O) groups is 1. The summed E-state index contributed by atoms with van der Waals surface area (Å²) in [6, 6.07) is 4.46. The van der Waals surface area contributed by atoms with Crippen LogP contribution < -0.4 is 10.6 Å². The van der Waals surface area contributed by atoms with E-state index in [1.807, 2.05) is 0 Å². The Morgan fingerprint density at radius 1 is 1.20 bits per heavy atom. The highest BCUT2D eigenvalue weighted by Gasteiger charge is 2.12. The van der Waals surface area contributed by atoms with Gasteiger partial charge in [0.2, 0.25) is 0 Å². The zero-order chi connectivity index (χ0) is 15.1. The van der Waals surface area contributed by atoms with Crippen LogP contribution in [0.4, 0.5) is 5.82 Å². The quantitative estimate of drug-likeness (QED) is 0.789. The lowest BCUT2D eigenvalue weighted by atomic mass is 10.2. The van der Waals surface area contributed by atoms with Crippen LogP contribution in [0.1, 0.15) is 38.2 Å². The molecule has 0 saturated heterocycles. The van der Waals surface area contributed by atoms with E-state index in [9.17, 15) is 4.79 Å². The van der Waals surface area contributed by atoms with Gasteiger partial charge in [-0.15, -0.1) is 10.2 Å². The molecule has 1 amide bonds. The number of rotatable bonds is 7. The summed E-state index contributed by atoms with van der Waals surface area (Å²) in [5.41, 5.74) is 0.323. The molecule has 0 aliphatic rings. The Balaban J connectivity index is 2.48. The Bertz CT molecular complexity index is 408. The SMILES string of the molecule is CNC(=O)c1ccc(NCCN(C(C)C)C(C)C)nn1. The van der Waals surface area contributed by atoms with E-state index < -0.39 is 0 Å². The minimum absolute atomic E-state index is 0.227. The van der Waals surface area contributed by atoms with Crippen LogP contribution >= 0.6 is 0 Å². The maximum atomic E-state index is 11.3. The summed E-state index contributed by atoms with van der Waals surface area (Å²) >= 11 is 0. The fourth-order valence-electron chi connectivity index (χ4n) is 2.10. The summed E-state index contributed by atoms with van der Waals surface area (Å²) < 4.78 is 0. The largest absolute Gasteiger partial charge is 0.367 e. The second-order valence-electron chi connectivity index (χ2n) is 5.24. The molecule has 6 heteroatoms. The van der Waals surface area contributed by atoms with Gasteiger partial charge in [0.15, 0.2) is 5.69 Å². The van der Waals surface area contributed by atoms with Gasteiger partial charge in [-0.3, -0.25) is 9.69 Å². The van der Waals surface area contributed by atoms with Crippen molar-refractivity contribution >= 4 is 11.7 Å². The predicted molar refractivity (Wildman–Crippen MR) is 80.9 cm³/mol. The van der Waals surface area contributed by atoms with Crippen molar-refractivity contribution in [1.29, 1.82) is 0 Å². The molecular weight excluding hydrogens is 254 g/mol. The van der Waals surface area contributed by atoms with Crippen molar-refractivity contribution in [1.82, 2.24) is 20.4 Å². The third kappa shape index (κ3) is 4.77. The number of aromatic nitrogens is 2. The standard InChI is InChI=1S/C14H25N5O/c1-10(2)19(11(3)4)9-8-16-13-7-6-12(17-18-13)14(20)15-5/h6-7,10-11H,8-9H2,1-5H3,(H,15,20)(H,16,18). The van der Waals surface area contributed by atoms with Crippen LogP contribution in [0.3, 0.4) is 0 Å². The first kappa shape index (κ1) is 16.4. The van der Waals surface area contributed by atoms with E-state index >= 15 is 0 Å². The lowest BCUT2D eigenvalue weighted by Crippen LogP contribution is -2.40. The molecule has 0 atom stereocenters. The van der Waals surface area contributed by atoms with Crippen molar-refractivity contribution < 1.29 is 4.79 Å². The van der Waals surface area contributed by atoms with E-state index in [1.165, 1.54) is 0 Å². The number of nitrogens with one attached hydrogen (secondary N) is 2. The molecular formula is C14H25N5O. The maximum Gasteiger partial charge on any atom is 0.271 e. The molecule has 0 spiro atoms. The van der Waals surface area contributed by atoms with Gasteiger partial charge in [-0.05, 0) is 39.8 Å². The second kappa shape index (κ2) is 7.79. The molecule has 112 valence electrons. The topological polar surface area (TPSA) is 70.2 Å². The summed E-state index contributed by atoms with van der Waals surface area (Å²) in [5, 5.41) is 13.6. The first-order valence-corrected chi connectivity index (χ1v) is 7.01. The first-order valence-electron chi connectivity index (χ1n) is 7.01. The van der Waals surface area contributed by atoms with Gasteiger partial charge in [0.05, 0.1) is 0 Å². The van der Waals surface area contributed by atoms with Crippen molar-refractivity contribution in [2.45, 2.75) is 39.8 Å². The lowest BCUT2D eigenvalue weighted by molar-refractivity contribution is 0.0957. The number of nitrogens with zero attached hydrogens (tertiary/aromatic N) is 3. The van der Waals surface area contributed by atoms with E-state index in [0.29, 0.717) is 23.6 Å². The van der Waals surface area contributed by atoms with E-state index in [0.717, 1.165) is 13.1 Å². The highest BCUT2D eigenvalue weighted by molar-refractivity contribution is 5.91. The van der Waals surface area contributed by atoms with Crippen LogP contribution in [0.25, 0.3) is 0 Å². The van der Waals surface area contributed by atoms with Crippen molar-refractivity contribution in [3.63, 3.8) is 0 Å². The molecule has 0 aliphatic carbocycles. The summed E-state index contributed by atoms with van der Waals surface area (Å²) in [5.74, 6) is 0.458. The lowest BCUT2D eigenvalue weighted by Gasteiger charge is -2.30. The third-order valence-electron chi connectivity index (χ3n) is 3.13. The predicted octanol–water partition coefficient (Wildman–Crippen LogP) is 1.37. The molecule has 0 radical (unpaired) electrons. The molecule has 1 rings (SSSR count). The number of hydrogen-bond donors (Lipinski definition) is 2. The van der Waals surface area contributed by atoms with Gasteiger partial charge >= 0.3 is 0 Å². The molecule has 0 saturated carbocycles. The minimum Gasteiger partial charge on any atom is -0.367 e. The Hall–Kier alpha value is -1.69. The highest BCUT2D eigenvalue weighted by atomic mass is 16.1. The third-order valence-corrected chi connectivity index (χ3v) is 3.13. The number of anilines is 1. The van der Waals surface area contributed by atoms with Gasteiger partial charge in [0.1, 0.15) is 5.82 Å². The monoisotopic (exact) mass is 279 g/mol. The Labute approximate surface area is 121 Å². The zero-order valence-corrected chi connectivity index (χ0v) is 13.0. The molecule has 0 fully saturated rings. The van der Waals surface area contributed by atoms with Crippen LogP contribution in [0.15, 0.2) is 12.1 Å². The summed E-state index contributed by atoms with van der Waals surface area (Å²) in [4.78, 5) is 13.7. The molecule has 0 bridgehead atoms. The Kier molecular flexibility index (Phi) is 6.38. The van der Waals surface area contributed by atoms with Gasteiger partial charge in [-0.1, -0.05) is 0 Å². The van der Waals surface area contributed by atoms with Gasteiger partial charge < -0.3 is 10.6 Å². The molecule has 0 unspecified atom stereocenters. The van der Waals surface area contributed by atoms with Crippen LogP contribution in [-0.2, 0) is 0 Å². The Morgan fingerprint density at radius 2 is 1.85 bits per heavy atom. The highest BCUT2D eigenvalue weighted by Crippen LogP contribution is 2.05. The molecule has 1 aromatic heterocycles. The van der Waals surface area contributed by atoms with E-state index in [1.54, 1.807) is 19.2 Å².